The van der Waals surface area contributed by atoms with Crippen LogP contribution in [0.15, 0.2) is 29.2 Å². The molecule has 2 aliphatic rings. The van der Waals surface area contributed by atoms with Crippen molar-refractivity contribution in [2.75, 3.05) is 19.6 Å². The van der Waals surface area contributed by atoms with Gasteiger partial charge in [-0.25, -0.2) is 13.1 Å². The number of hydrogen-bond donors (Lipinski definition) is 2. The van der Waals surface area contributed by atoms with Gasteiger partial charge in [0.05, 0.1) is 10.9 Å². The summed E-state index contributed by atoms with van der Waals surface area (Å²) in [7, 11) is -3.57. The van der Waals surface area contributed by atoms with E-state index in [0.29, 0.717) is 18.7 Å². The first-order valence-electron chi connectivity index (χ1n) is 10.2. The van der Waals surface area contributed by atoms with Gasteiger partial charge in [0.15, 0.2) is 0 Å². The Labute approximate surface area is 172 Å². The van der Waals surface area contributed by atoms with E-state index in [1.54, 1.807) is 30.9 Å². The van der Waals surface area contributed by atoms with Gasteiger partial charge in [0.2, 0.25) is 15.9 Å². The monoisotopic (exact) mass is 422 g/mol. The molecule has 3 rings (SSSR count). The lowest BCUT2D eigenvalue weighted by atomic mass is 10.0. The molecule has 9 heteroatoms. The van der Waals surface area contributed by atoms with Crippen LogP contribution in [0.1, 0.15) is 49.9 Å². The van der Waals surface area contributed by atoms with Crippen molar-refractivity contribution < 1.29 is 18.0 Å². The van der Waals surface area contributed by atoms with Gasteiger partial charge in [-0.15, -0.1) is 0 Å². The number of likely N-dealkylation sites (tertiary alicyclic amines) is 2. The van der Waals surface area contributed by atoms with E-state index in [-0.39, 0.29) is 34.8 Å². The molecule has 0 aromatic heterocycles. The van der Waals surface area contributed by atoms with E-state index in [1.165, 1.54) is 12.1 Å². The number of hydrogen-bond acceptors (Lipinski definition) is 5. The molecule has 0 saturated carbocycles. The van der Waals surface area contributed by atoms with Gasteiger partial charge in [-0.1, -0.05) is 0 Å². The quantitative estimate of drug-likeness (QED) is 0.708. The summed E-state index contributed by atoms with van der Waals surface area (Å²) in [6.45, 7) is 5.62. The lowest BCUT2D eigenvalue weighted by Crippen LogP contribution is -2.51. The molecule has 8 nitrogen and oxygen atoms in total. The van der Waals surface area contributed by atoms with E-state index in [1.807, 2.05) is 0 Å². The van der Waals surface area contributed by atoms with Crippen LogP contribution in [0.5, 0.6) is 0 Å². The van der Waals surface area contributed by atoms with Gasteiger partial charge in [-0.3, -0.25) is 14.5 Å². The molecule has 0 bridgehead atoms. The second kappa shape index (κ2) is 8.81. The van der Waals surface area contributed by atoms with Gasteiger partial charge < -0.3 is 10.6 Å². The molecule has 3 N–H and O–H groups in total. The molecule has 2 saturated heterocycles. The van der Waals surface area contributed by atoms with Gasteiger partial charge in [-0.2, -0.15) is 0 Å². The highest BCUT2D eigenvalue weighted by Gasteiger charge is 2.36. The third-order valence-electron chi connectivity index (χ3n) is 5.65. The second-order valence-corrected chi connectivity index (χ2v) is 9.84. The van der Waals surface area contributed by atoms with Crippen molar-refractivity contribution in [2.24, 2.45) is 5.73 Å². The first kappa shape index (κ1) is 21.7. The predicted molar refractivity (Wildman–Crippen MR) is 110 cm³/mol. The van der Waals surface area contributed by atoms with E-state index in [9.17, 15) is 18.0 Å². The van der Waals surface area contributed by atoms with Crippen LogP contribution < -0.4 is 10.5 Å². The summed E-state index contributed by atoms with van der Waals surface area (Å²) in [5, 5.41) is 0. The minimum atomic E-state index is -3.57. The lowest BCUT2D eigenvalue weighted by molar-refractivity contribution is -0.123. The van der Waals surface area contributed by atoms with Crippen molar-refractivity contribution in [2.45, 2.75) is 62.6 Å². The number of nitrogens with zero attached hydrogens (tertiary/aromatic N) is 2. The Morgan fingerprint density at radius 2 is 1.69 bits per heavy atom. The van der Waals surface area contributed by atoms with Gasteiger partial charge in [0.25, 0.3) is 5.91 Å². The Bertz CT molecular complexity index is 846. The number of amides is 2. The van der Waals surface area contributed by atoms with Crippen LogP contribution in [0.25, 0.3) is 0 Å². The number of carbonyl (C=O) groups is 2. The Kier molecular flexibility index (Phi) is 6.60. The first-order chi connectivity index (χ1) is 13.7. The molecular weight excluding hydrogens is 392 g/mol. The van der Waals surface area contributed by atoms with Crippen LogP contribution in [-0.2, 0) is 14.8 Å². The van der Waals surface area contributed by atoms with E-state index in [4.69, 9.17) is 5.73 Å². The van der Waals surface area contributed by atoms with Crippen LogP contribution in [0.3, 0.4) is 0 Å². The molecule has 0 radical (unpaired) electrons. The molecule has 1 aromatic rings. The first-order valence-corrected chi connectivity index (χ1v) is 11.6. The van der Waals surface area contributed by atoms with Crippen molar-refractivity contribution in [3.63, 3.8) is 0 Å². The topological polar surface area (TPSA) is 113 Å². The van der Waals surface area contributed by atoms with E-state index < -0.39 is 10.0 Å². The van der Waals surface area contributed by atoms with Crippen LogP contribution in [-0.4, -0.2) is 67.8 Å². The zero-order valence-electron chi connectivity index (χ0n) is 17.0. The van der Waals surface area contributed by atoms with Gasteiger partial charge in [0, 0.05) is 30.7 Å². The molecule has 160 valence electrons. The third kappa shape index (κ3) is 4.96. The van der Waals surface area contributed by atoms with Crippen LogP contribution in [0.2, 0.25) is 0 Å². The highest BCUT2D eigenvalue weighted by molar-refractivity contribution is 7.89. The Morgan fingerprint density at radius 1 is 1.07 bits per heavy atom. The van der Waals surface area contributed by atoms with Gasteiger partial charge in [0.1, 0.15) is 0 Å². The average Bonchev–Trinajstić information content (AvgIpc) is 3.17. The van der Waals surface area contributed by atoms with Crippen molar-refractivity contribution in [1.29, 1.82) is 0 Å². The highest BCUT2D eigenvalue weighted by atomic mass is 32.2. The SMILES string of the molecule is CC(C)NS(=O)(=O)c1ccc(C(=O)N2CCC(N3CCCC3C(N)=O)CC2)cc1. The number of nitrogens with two attached hydrogens (primary N) is 1. The number of carbonyl (C=O) groups excluding carboxylic acids is 2. The molecule has 2 heterocycles. The molecule has 1 unspecified atom stereocenters. The largest absolute Gasteiger partial charge is 0.368 e. The fourth-order valence-electron chi connectivity index (χ4n) is 4.27. The fraction of sp³-hybridized carbons (Fsp3) is 0.600. The summed E-state index contributed by atoms with van der Waals surface area (Å²) >= 11 is 0. The number of benzene rings is 1. The van der Waals surface area contributed by atoms with Crippen LogP contribution in [0, 0.1) is 0 Å². The number of sulfonamides is 1. The van der Waals surface area contributed by atoms with Gasteiger partial charge >= 0.3 is 0 Å². The Morgan fingerprint density at radius 3 is 2.24 bits per heavy atom. The van der Waals surface area contributed by atoms with Crippen LogP contribution >= 0.6 is 0 Å². The molecule has 2 fully saturated rings. The van der Waals surface area contributed by atoms with Crippen molar-refractivity contribution in [3.05, 3.63) is 29.8 Å². The fourth-order valence-corrected chi connectivity index (χ4v) is 5.52. The third-order valence-corrected chi connectivity index (χ3v) is 7.32. The maximum Gasteiger partial charge on any atom is 0.253 e. The molecule has 1 aromatic carbocycles. The molecule has 1 atom stereocenters. The molecule has 0 aliphatic carbocycles. The average molecular weight is 423 g/mol. The molecule has 0 spiro atoms. The summed E-state index contributed by atoms with van der Waals surface area (Å²) < 4.78 is 27.0. The number of primary amides is 1. The molecular formula is C20H30N4O4S. The van der Waals surface area contributed by atoms with E-state index >= 15 is 0 Å². The standard InChI is InChI=1S/C20H30N4O4S/c1-14(2)22-29(27,28)17-7-5-15(6-8-17)20(26)23-12-9-16(10-13-23)24-11-3-4-18(24)19(21)25/h5-8,14,16,18,22H,3-4,9-13H2,1-2H3,(H2,21,25). The Balaban J connectivity index is 1.60. The smallest absolute Gasteiger partial charge is 0.253 e. The van der Waals surface area contributed by atoms with Crippen molar-refractivity contribution in [1.82, 2.24) is 14.5 Å². The maximum atomic E-state index is 12.8. The zero-order valence-corrected chi connectivity index (χ0v) is 17.8. The summed E-state index contributed by atoms with van der Waals surface area (Å²) in [6.07, 6.45) is 3.41. The molecule has 29 heavy (non-hydrogen) atoms. The molecule has 2 aliphatic heterocycles. The normalized spacial score (nSPS) is 21.6. The highest BCUT2D eigenvalue weighted by Crippen LogP contribution is 2.26. The summed E-state index contributed by atoms with van der Waals surface area (Å²) in [6, 6.07) is 5.94. The second-order valence-electron chi connectivity index (χ2n) is 8.12. The summed E-state index contributed by atoms with van der Waals surface area (Å²) in [4.78, 5) is 28.6. The summed E-state index contributed by atoms with van der Waals surface area (Å²) in [5.41, 5.74) is 6.00. The minimum absolute atomic E-state index is 0.0999. The zero-order chi connectivity index (χ0) is 21.2. The van der Waals surface area contributed by atoms with Gasteiger partial charge in [-0.05, 0) is 70.3 Å². The van der Waals surface area contributed by atoms with Crippen molar-refractivity contribution >= 4 is 21.8 Å². The van der Waals surface area contributed by atoms with Crippen LogP contribution in [0.4, 0.5) is 0 Å². The predicted octanol–water partition coefficient (Wildman–Crippen LogP) is 0.928. The lowest BCUT2D eigenvalue weighted by Gasteiger charge is -2.38. The maximum absolute atomic E-state index is 12.8. The Hall–Kier alpha value is -1.97. The number of piperidine rings is 1. The minimum Gasteiger partial charge on any atom is -0.368 e. The number of nitrogens with one attached hydrogen (secondary N) is 1. The van der Waals surface area contributed by atoms with Crippen molar-refractivity contribution in [3.8, 4) is 0 Å². The van der Waals surface area contributed by atoms with E-state index in [0.717, 1.165) is 32.2 Å². The van der Waals surface area contributed by atoms with E-state index in [2.05, 4.69) is 9.62 Å². The molecule has 2 amide bonds. The summed E-state index contributed by atoms with van der Waals surface area (Å²) in [5.74, 6) is -0.361. The number of rotatable bonds is 6.